The summed E-state index contributed by atoms with van der Waals surface area (Å²) in [5.74, 6) is 0.426. The van der Waals surface area contributed by atoms with E-state index in [1.165, 1.54) is 4.57 Å². The molecular formula is C24H29N5O4. The van der Waals surface area contributed by atoms with Gasteiger partial charge in [-0.25, -0.2) is 9.78 Å². The number of nitriles is 1. The van der Waals surface area contributed by atoms with Crippen LogP contribution in [0.15, 0.2) is 33.9 Å². The van der Waals surface area contributed by atoms with E-state index in [9.17, 15) is 14.4 Å². The molecule has 0 atom stereocenters. The minimum atomic E-state index is -0.469. The lowest BCUT2D eigenvalue weighted by atomic mass is 10.1. The normalized spacial score (nSPS) is 11.1. The number of imidazole rings is 1. The Morgan fingerprint density at radius 3 is 2.58 bits per heavy atom. The number of fused-ring (bicyclic) bond motifs is 1. The smallest absolute Gasteiger partial charge is 0.330 e. The number of unbranched alkanes of at least 4 members (excludes halogenated alkanes) is 1. The molecule has 0 amide bonds. The number of aromatic amines is 1. The van der Waals surface area contributed by atoms with Crippen LogP contribution in [0.4, 0.5) is 0 Å². The number of carbonyl (C=O) groups is 1. The molecule has 0 aliphatic rings. The number of benzene rings is 1. The Kier molecular flexibility index (Phi) is 7.83. The zero-order valence-corrected chi connectivity index (χ0v) is 19.3. The fourth-order valence-corrected chi connectivity index (χ4v) is 3.62. The summed E-state index contributed by atoms with van der Waals surface area (Å²) in [6.07, 6.45) is 2.07. The number of esters is 1. The molecule has 0 saturated heterocycles. The topological polar surface area (TPSA) is 123 Å². The van der Waals surface area contributed by atoms with E-state index >= 15 is 0 Å². The Labute approximate surface area is 191 Å². The highest BCUT2D eigenvalue weighted by molar-refractivity contribution is 5.72. The minimum Gasteiger partial charge on any atom is -0.461 e. The van der Waals surface area contributed by atoms with Crippen LogP contribution >= 0.6 is 0 Å². The van der Waals surface area contributed by atoms with Crippen LogP contribution in [0.2, 0.25) is 0 Å². The van der Waals surface area contributed by atoms with Crippen LogP contribution in [0.1, 0.15) is 57.0 Å². The second-order valence-electron chi connectivity index (χ2n) is 8.44. The van der Waals surface area contributed by atoms with Gasteiger partial charge in [-0.2, -0.15) is 5.26 Å². The second-order valence-corrected chi connectivity index (χ2v) is 8.44. The monoisotopic (exact) mass is 451 g/mol. The molecule has 0 fully saturated rings. The van der Waals surface area contributed by atoms with E-state index in [2.05, 4.69) is 9.97 Å². The molecule has 174 valence electrons. The van der Waals surface area contributed by atoms with Gasteiger partial charge in [0.15, 0.2) is 11.2 Å². The fraction of sp³-hybridized carbons (Fsp3) is 0.458. The number of H-pyrrole nitrogens is 1. The molecule has 33 heavy (non-hydrogen) atoms. The lowest BCUT2D eigenvalue weighted by Gasteiger charge is -2.11. The lowest BCUT2D eigenvalue weighted by molar-refractivity contribution is -0.144. The van der Waals surface area contributed by atoms with E-state index in [0.29, 0.717) is 35.6 Å². The van der Waals surface area contributed by atoms with Crippen molar-refractivity contribution in [1.29, 1.82) is 5.26 Å². The molecule has 0 aliphatic carbocycles. The molecule has 2 heterocycles. The molecule has 1 N–H and O–H groups in total. The van der Waals surface area contributed by atoms with Crippen LogP contribution in [0.3, 0.4) is 0 Å². The molecule has 2 aromatic heterocycles. The standard InChI is InChI=1S/C24H29N5O4/c1-4-5-12-28-22-21(23(31)27-24(28)32)29(14-16(2)3)19(26-22)10-11-20(30)33-15-18-8-6-17(13-25)7-9-18/h6-9,16H,4-5,10-12,14-15H2,1-3H3,(H,27,31,32). The maximum absolute atomic E-state index is 12.6. The number of ether oxygens (including phenoxy) is 1. The van der Waals surface area contributed by atoms with E-state index in [1.807, 2.05) is 31.4 Å². The summed E-state index contributed by atoms with van der Waals surface area (Å²) in [4.78, 5) is 44.4. The summed E-state index contributed by atoms with van der Waals surface area (Å²) in [5.41, 5.74) is 1.12. The highest BCUT2D eigenvalue weighted by Gasteiger charge is 2.20. The minimum absolute atomic E-state index is 0.0921. The van der Waals surface area contributed by atoms with E-state index in [0.717, 1.165) is 18.4 Å². The third-order valence-corrected chi connectivity index (χ3v) is 5.28. The van der Waals surface area contributed by atoms with E-state index in [4.69, 9.17) is 10.00 Å². The zero-order valence-electron chi connectivity index (χ0n) is 19.3. The molecule has 1 aromatic carbocycles. The summed E-state index contributed by atoms with van der Waals surface area (Å²) in [7, 11) is 0. The van der Waals surface area contributed by atoms with Crippen molar-refractivity contribution in [3.05, 3.63) is 62.1 Å². The van der Waals surface area contributed by atoms with E-state index in [-0.39, 0.29) is 31.3 Å². The number of nitrogens with one attached hydrogen (secondary N) is 1. The predicted octanol–water partition coefficient (Wildman–Crippen LogP) is 2.89. The first-order chi connectivity index (χ1) is 15.8. The van der Waals surface area contributed by atoms with Gasteiger partial charge < -0.3 is 9.30 Å². The first-order valence-corrected chi connectivity index (χ1v) is 11.2. The number of aryl methyl sites for hydroxylation is 2. The van der Waals surface area contributed by atoms with Crippen molar-refractivity contribution in [3.8, 4) is 6.07 Å². The average Bonchev–Trinajstić information content (AvgIpc) is 3.14. The van der Waals surface area contributed by atoms with Crippen LogP contribution in [-0.4, -0.2) is 25.1 Å². The molecule has 3 aromatic rings. The summed E-state index contributed by atoms with van der Waals surface area (Å²) in [6.45, 7) is 7.21. The van der Waals surface area contributed by atoms with Gasteiger partial charge in [-0.1, -0.05) is 39.3 Å². The van der Waals surface area contributed by atoms with Gasteiger partial charge in [0.1, 0.15) is 12.4 Å². The SMILES string of the molecule is CCCCn1c(=O)[nH]c(=O)c2c1nc(CCC(=O)OCc1ccc(C#N)cc1)n2CC(C)C. The van der Waals surface area contributed by atoms with Crippen molar-refractivity contribution in [2.45, 2.75) is 66.2 Å². The van der Waals surface area contributed by atoms with Gasteiger partial charge in [0.25, 0.3) is 5.56 Å². The van der Waals surface area contributed by atoms with Gasteiger partial charge in [-0.15, -0.1) is 0 Å². The van der Waals surface area contributed by atoms with Crippen LogP contribution in [0, 0.1) is 17.2 Å². The molecule has 0 unspecified atom stereocenters. The summed E-state index contributed by atoms with van der Waals surface area (Å²) in [5, 5.41) is 8.86. The van der Waals surface area contributed by atoms with Gasteiger partial charge >= 0.3 is 11.7 Å². The number of hydrogen-bond donors (Lipinski definition) is 1. The number of aromatic nitrogens is 4. The van der Waals surface area contributed by atoms with Crippen molar-refractivity contribution < 1.29 is 9.53 Å². The van der Waals surface area contributed by atoms with Gasteiger partial charge in [0.2, 0.25) is 0 Å². The van der Waals surface area contributed by atoms with Crippen LogP contribution < -0.4 is 11.2 Å². The first-order valence-electron chi connectivity index (χ1n) is 11.2. The molecular weight excluding hydrogens is 422 g/mol. The molecule has 0 saturated carbocycles. The number of carbonyl (C=O) groups excluding carboxylic acids is 1. The Morgan fingerprint density at radius 1 is 1.21 bits per heavy atom. The van der Waals surface area contributed by atoms with Gasteiger partial charge in [0, 0.05) is 19.5 Å². The van der Waals surface area contributed by atoms with Gasteiger partial charge in [0.05, 0.1) is 18.1 Å². The molecule has 9 nitrogen and oxygen atoms in total. The van der Waals surface area contributed by atoms with Crippen LogP contribution in [-0.2, 0) is 35.6 Å². The van der Waals surface area contributed by atoms with Crippen molar-refractivity contribution in [2.75, 3.05) is 0 Å². The fourth-order valence-electron chi connectivity index (χ4n) is 3.62. The summed E-state index contributed by atoms with van der Waals surface area (Å²) >= 11 is 0. The Balaban J connectivity index is 1.81. The highest BCUT2D eigenvalue weighted by Crippen LogP contribution is 2.16. The Morgan fingerprint density at radius 2 is 1.94 bits per heavy atom. The van der Waals surface area contributed by atoms with Gasteiger partial charge in [-0.05, 0) is 30.0 Å². The van der Waals surface area contributed by atoms with Crippen molar-refractivity contribution in [2.24, 2.45) is 5.92 Å². The third-order valence-electron chi connectivity index (χ3n) is 5.28. The van der Waals surface area contributed by atoms with Gasteiger partial charge in [-0.3, -0.25) is 19.1 Å². The molecule has 0 bridgehead atoms. The first kappa shape index (κ1) is 24.0. The summed E-state index contributed by atoms with van der Waals surface area (Å²) in [6, 6.07) is 8.89. The molecule has 3 rings (SSSR count). The van der Waals surface area contributed by atoms with Crippen molar-refractivity contribution in [3.63, 3.8) is 0 Å². The summed E-state index contributed by atoms with van der Waals surface area (Å²) < 4.78 is 8.67. The number of hydrogen-bond acceptors (Lipinski definition) is 6. The largest absolute Gasteiger partial charge is 0.461 e. The Bertz CT molecular complexity index is 1280. The van der Waals surface area contributed by atoms with Crippen LogP contribution in [0.25, 0.3) is 11.2 Å². The maximum Gasteiger partial charge on any atom is 0.330 e. The van der Waals surface area contributed by atoms with Crippen molar-refractivity contribution >= 4 is 17.1 Å². The zero-order chi connectivity index (χ0) is 24.0. The quantitative estimate of drug-likeness (QED) is 0.473. The van der Waals surface area contributed by atoms with Crippen LogP contribution in [0.5, 0.6) is 0 Å². The molecule has 0 radical (unpaired) electrons. The highest BCUT2D eigenvalue weighted by atomic mass is 16.5. The third kappa shape index (κ3) is 5.77. The second kappa shape index (κ2) is 10.8. The molecule has 0 aliphatic heterocycles. The number of rotatable bonds is 10. The average molecular weight is 452 g/mol. The van der Waals surface area contributed by atoms with E-state index in [1.54, 1.807) is 24.3 Å². The predicted molar refractivity (Wildman–Crippen MR) is 124 cm³/mol. The molecule has 0 spiro atoms. The molecule has 9 heteroatoms. The number of nitrogens with zero attached hydrogens (tertiary/aromatic N) is 4. The Hall–Kier alpha value is -3.67. The van der Waals surface area contributed by atoms with E-state index < -0.39 is 11.2 Å². The van der Waals surface area contributed by atoms with Crippen molar-refractivity contribution in [1.82, 2.24) is 19.1 Å². The maximum atomic E-state index is 12.6. The lowest BCUT2D eigenvalue weighted by Crippen LogP contribution is -2.31.